The van der Waals surface area contributed by atoms with Crippen LogP contribution in [0.15, 0.2) is 65.1 Å². The Labute approximate surface area is 185 Å². The van der Waals surface area contributed by atoms with Crippen LogP contribution in [0.4, 0.5) is 18.9 Å². The first-order valence-corrected chi connectivity index (χ1v) is 11.1. The first-order valence-electron chi connectivity index (χ1n) is 9.20. The molecule has 0 aliphatic rings. The van der Waals surface area contributed by atoms with Crippen LogP contribution < -0.4 is 14.3 Å². The number of alkyl halides is 3. The van der Waals surface area contributed by atoms with Crippen LogP contribution >= 0.6 is 19.3 Å². The number of benzene rings is 3. The Balaban J connectivity index is 1.73. The molecule has 1 aromatic heterocycles. The second-order valence-electron chi connectivity index (χ2n) is 6.69. The zero-order chi connectivity index (χ0) is 22.9. The summed E-state index contributed by atoms with van der Waals surface area (Å²) in [5.74, 6) is 0.204. The lowest BCUT2D eigenvalue weighted by Crippen LogP contribution is -2.19. The number of para-hydroxylation sites is 1. The summed E-state index contributed by atoms with van der Waals surface area (Å²) < 4.78 is 72.8. The maximum atomic E-state index is 13.3. The fourth-order valence-corrected chi connectivity index (χ4v) is 4.50. The molecule has 32 heavy (non-hydrogen) atoms. The summed E-state index contributed by atoms with van der Waals surface area (Å²) in [6.45, 7) is -1.79. The van der Waals surface area contributed by atoms with Crippen LogP contribution in [-0.2, 0) is 9.09 Å². The average molecular weight is 486 g/mol. The quantitative estimate of drug-likeness (QED) is 0.275. The minimum atomic E-state index is -4.73. The van der Waals surface area contributed by atoms with Crippen molar-refractivity contribution >= 4 is 47.0 Å². The summed E-state index contributed by atoms with van der Waals surface area (Å²) in [7, 11) is -3.19. The van der Waals surface area contributed by atoms with Crippen LogP contribution in [0.1, 0.15) is 0 Å². The third kappa shape index (κ3) is 4.96. The van der Waals surface area contributed by atoms with E-state index in [2.05, 4.69) is 9.61 Å². The van der Waals surface area contributed by atoms with Gasteiger partial charge in [-0.3, -0.25) is 9.61 Å². The van der Waals surface area contributed by atoms with Crippen LogP contribution in [-0.4, -0.2) is 19.9 Å². The van der Waals surface area contributed by atoms with Crippen LogP contribution in [0.25, 0.3) is 21.9 Å². The van der Waals surface area contributed by atoms with Gasteiger partial charge in [0.25, 0.3) is 0 Å². The van der Waals surface area contributed by atoms with E-state index in [4.69, 9.17) is 25.3 Å². The van der Waals surface area contributed by atoms with Gasteiger partial charge in [0.1, 0.15) is 22.7 Å². The van der Waals surface area contributed by atoms with Crippen LogP contribution in [0, 0.1) is 0 Å². The maximum absolute atomic E-state index is 13.3. The van der Waals surface area contributed by atoms with E-state index < -0.39 is 20.5 Å². The molecule has 0 fully saturated rings. The minimum absolute atomic E-state index is 0.00353. The number of furan rings is 1. The number of fused-ring (bicyclic) bond motifs is 3. The van der Waals surface area contributed by atoms with Crippen LogP contribution in [0.5, 0.6) is 11.5 Å². The minimum Gasteiger partial charge on any atom is -0.495 e. The molecule has 0 saturated heterocycles. The second-order valence-corrected chi connectivity index (χ2v) is 8.79. The molecule has 0 aliphatic heterocycles. The van der Waals surface area contributed by atoms with Crippen molar-refractivity contribution in [1.82, 2.24) is 0 Å². The van der Waals surface area contributed by atoms with Crippen molar-refractivity contribution in [3.63, 3.8) is 0 Å². The number of ether oxygens (including phenoxy) is 1. The van der Waals surface area contributed by atoms with E-state index in [1.54, 1.807) is 18.2 Å². The highest BCUT2D eigenvalue weighted by Crippen LogP contribution is 2.51. The standard InChI is InChI=1S/C21H16ClF3NO5P/c1-28-20-10-16-15-4-2-3-5-18(15)30-19(16)11-17(20)26-32(27,29-12-21(23,24)25)31-14-8-6-13(22)7-9-14/h2-11H,12H2,1H3,(H,26,27)/t32-/m1/s1. The molecular formula is C21H16ClF3NO5P. The van der Waals surface area contributed by atoms with Crippen molar-refractivity contribution in [2.45, 2.75) is 6.18 Å². The summed E-state index contributed by atoms with van der Waals surface area (Å²) in [5, 5.41) is 4.35. The highest BCUT2D eigenvalue weighted by molar-refractivity contribution is 7.55. The number of halogens is 4. The number of hydrogen-bond donors (Lipinski definition) is 1. The Bertz CT molecular complexity index is 1310. The molecule has 1 N–H and O–H groups in total. The molecule has 0 unspecified atom stereocenters. The van der Waals surface area contributed by atoms with Gasteiger partial charge in [0.05, 0.1) is 12.8 Å². The van der Waals surface area contributed by atoms with Crippen LogP contribution in [0.2, 0.25) is 5.02 Å². The Morgan fingerprint density at radius 3 is 2.44 bits per heavy atom. The first-order chi connectivity index (χ1) is 15.2. The fourth-order valence-electron chi connectivity index (χ4n) is 3.03. The van der Waals surface area contributed by atoms with E-state index in [9.17, 15) is 17.7 Å². The zero-order valence-corrected chi connectivity index (χ0v) is 18.1. The van der Waals surface area contributed by atoms with Gasteiger partial charge in [-0.05, 0) is 36.4 Å². The van der Waals surface area contributed by atoms with Crippen LogP contribution in [0.3, 0.4) is 0 Å². The van der Waals surface area contributed by atoms with E-state index in [1.807, 2.05) is 12.1 Å². The molecule has 11 heteroatoms. The first kappa shape index (κ1) is 22.3. The molecule has 4 aromatic rings. The predicted octanol–water partition coefficient (Wildman–Crippen LogP) is 7.43. The van der Waals surface area contributed by atoms with Crippen molar-refractivity contribution in [2.75, 3.05) is 18.8 Å². The summed E-state index contributed by atoms with van der Waals surface area (Å²) in [6.07, 6.45) is -4.73. The van der Waals surface area contributed by atoms with E-state index in [1.165, 1.54) is 37.4 Å². The lowest BCUT2D eigenvalue weighted by atomic mass is 10.1. The predicted molar refractivity (Wildman–Crippen MR) is 116 cm³/mol. The molecule has 0 aliphatic carbocycles. The number of rotatable bonds is 7. The molecule has 3 aromatic carbocycles. The second kappa shape index (κ2) is 8.58. The molecule has 1 heterocycles. The number of anilines is 1. The molecule has 168 valence electrons. The van der Waals surface area contributed by atoms with E-state index in [0.717, 1.165) is 5.39 Å². The van der Waals surface area contributed by atoms with Gasteiger partial charge in [0.15, 0.2) is 6.61 Å². The lowest BCUT2D eigenvalue weighted by Gasteiger charge is -2.22. The summed E-state index contributed by atoms with van der Waals surface area (Å²) >= 11 is 5.82. The molecule has 0 radical (unpaired) electrons. The topological polar surface area (TPSA) is 69.9 Å². The Morgan fingerprint density at radius 2 is 1.75 bits per heavy atom. The molecule has 0 amide bonds. The van der Waals surface area contributed by atoms with E-state index >= 15 is 0 Å². The van der Waals surface area contributed by atoms with Gasteiger partial charge in [-0.1, -0.05) is 29.8 Å². The molecule has 0 saturated carbocycles. The Kier molecular flexibility index (Phi) is 5.99. The van der Waals surface area contributed by atoms with Gasteiger partial charge in [-0.2, -0.15) is 13.2 Å². The summed E-state index contributed by atoms with van der Waals surface area (Å²) in [5.41, 5.74) is 1.08. The van der Waals surface area contributed by atoms with Gasteiger partial charge in [0.2, 0.25) is 0 Å². The molecular weight excluding hydrogens is 470 g/mol. The van der Waals surface area contributed by atoms with Gasteiger partial charge in [0, 0.05) is 21.9 Å². The molecule has 1 atom stereocenters. The normalized spacial score (nSPS) is 13.8. The van der Waals surface area contributed by atoms with Gasteiger partial charge in [-0.25, -0.2) is 4.57 Å². The van der Waals surface area contributed by atoms with Gasteiger partial charge in [-0.15, -0.1) is 0 Å². The monoisotopic (exact) mass is 485 g/mol. The summed E-state index contributed by atoms with van der Waals surface area (Å²) in [4.78, 5) is 0. The fraction of sp³-hybridized carbons (Fsp3) is 0.143. The number of hydrogen-bond acceptors (Lipinski definition) is 5. The third-order valence-electron chi connectivity index (χ3n) is 4.39. The van der Waals surface area contributed by atoms with Crippen molar-refractivity contribution in [3.05, 3.63) is 65.7 Å². The van der Waals surface area contributed by atoms with Crippen molar-refractivity contribution in [1.29, 1.82) is 0 Å². The maximum Gasteiger partial charge on any atom is 0.486 e. The summed E-state index contributed by atoms with van der Waals surface area (Å²) in [6, 6.07) is 15.9. The lowest BCUT2D eigenvalue weighted by molar-refractivity contribution is -0.154. The molecule has 0 spiro atoms. The number of nitrogens with one attached hydrogen (secondary N) is 1. The van der Waals surface area contributed by atoms with Gasteiger partial charge >= 0.3 is 13.9 Å². The molecule has 0 bridgehead atoms. The van der Waals surface area contributed by atoms with E-state index in [-0.39, 0.29) is 17.2 Å². The van der Waals surface area contributed by atoms with Crippen molar-refractivity contribution in [2.24, 2.45) is 0 Å². The van der Waals surface area contributed by atoms with Gasteiger partial charge < -0.3 is 13.7 Å². The molecule has 4 rings (SSSR count). The average Bonchev–Trinajstić information content (AvgIpc) is 3.10. The Morgan fingerprint density at radius 1 is 1.03 bits per heavy atom. The molecule has 6 nitrogen and oxygen atoms in total. The van der Waals surface area contributed by atoms with Crippen molar-refractivity contribution in [3.8, 4) is 11.5 Å². The Hall–Kier alpha value is -2.87. The smallest absolute Gasteiger partial charge is 0.486 e. The number of methoxy groups -OCH3 is 1. The van der Waals surface area contributed by atoms with Crippen molar-refractivity contribution < 1.29 is 35.9 Å². The highest BCUT2D eigenvalue weighted by atomic mass is 35.5. The highest BCUT2D eigenvalue weighted by Gasteiger charge is 2.36. The zero-order valence-electron chi connectivity index (χ0n) is 16.5. The SMILES string of the molecule is COc1cc2c(cc1N[P@@](=O)(OCC(F)(F)F)Oc1ccc(Cl)cc1)oc1ccccc12. The third-order valence-corrected chi connectivity index (χ3v) is 6.08. The largest absolute Gasteiger partial charge is 0.495 e. The van der Waals surface area contributed by atoms with E-state index in [0.29, 0.717) is 21.6 Å².